The number of nitrogens with two attached hydrogens (primary N) is 1. The number of hydrogen-bond acceptors (Lipinski definition) is 4. The summed E-state index contributed by atoms with van der Waals surface area (Å²) in [4.78, 5) is 25.1. The minimum atomic E-state index is -0.681. The summed E-state index contributed by atoms with van der Waals surface area (Å²) in [5.41, 5.74) is 7.33. The zero-order chi connectivity index (χ0) is 17.8. The lowest BCUT2D eigenvalue weighted by Crippen LogP contribution is -2.46. The minimum absolute atomic E-state index is 0.0734. The molecule has 0 aromatic carbocycles. The monoisotopic (exact) mass is 348 g/mol. The normalized spacial score (nSPS) is 23.6. The van der Waals surface area contributed by atoms with Crippen LogP contribution in [-0.4, -0.2) is 52.7 Å². The maximum absolute atomic E-state index is 12.0. The van der Waals surface area contributed by atoms with Crippen LogP contribution in [0.4, 0.5) is 4.79 Å². The van der Waals surface area contributed by atoms with E-state index in [1.165, 1.54) is 18.5 Å². The lowest BCUT2D eigenvalue weighted by molar-refractivity contribution is -0.120. The van der Waals surface area contributed by atoms with E-state index in [1.54, 1.807) is 0 Å². The Morgan fingerprint density at radius 3 is 2.88 bits per heavy atom. The number of aromatic amines is 1. The number of nitrogens with zero attached hydrogens (tertiary/aromatic N) is 2. The van der Waals surface area contributed by atoms with Gasteiger partial charge in [0.1, 0.15) is 0 Å². The summed E-state index contributed by atoms with van der Waals surface area (Å²) in [6.07, 6.45) is 4.65. The van der Waals surface area contributed by atoms with Crippen molar-refractivity contribution in [3.63, 3.8) is 0 Å². The molecule has 0 radical (unpaired) electrons. The quantitative estimate of drug-likeness (QED) is 0.552. The van der Waals surface area contributed by atoms with Crippen LogP contribution in [0.1, 0.15) is 49.9 Å². The maximum atomic E-state index is 12.0. The number of hydrogen-bond donors (Lipinski definition) is 4. The van der Waals surface area contributed by atoms with Gasteiger partial charge in [0.15, 0.2) is 0 Å². The number of amides is 3. The Kier molecular flexibility index (Phi) is 5.57. The fraction of sp³-hybridized carbons (Fsp3) is 0.706. The number of urea groups is 1. The standard InChI is InChI=1S/C17H28N6O2/c1-2-3-12-8-23(9-13-6-14(22-21-13)11-4-5-11)10-15(12)20-16(24)7-19-17(18)25/h6,11-12,15H,2-5,7-10H2,1H3,(H,20,24)(H,21,22)(H3,18,19,25)/t12-,15-/m0/s1. The highest BCUT2D eigenvalue weighted by molar-refractivity contribution is 5.83. The molecule has 8 heteroatoms. The van der Waals surface area contributed by atoms with Crippen molar-refractivity contribution in [3.05, 3.63) is 17.5 Å². The highest BCUT2D eigenvalue weighted by atomic mass is 16.2. The molecule has 3 amide bonds. The molecule has 3 rings (SSSR count). The third-order valence-corrected chi connectivity index (χ3v) is 4.99. The molecule has 138 valence electrons. The van der Waals surface area contributed by atoms with E-state index in [4.69, 9.17) is 5.73 Å². The molecule has 1 aliphatic carbocycles. The van der Waals surface area contributed by atoms with Crippen LogP contribution in [-0.2, 0) is 11.3 Å². The molecule has 8 nitrogen and oxygen atoms in total. The highest BCUT2D eigenvalue weighted by Crippen LogP contribution is 2.39. The summed E-state index contributed by atoms with van der Waals surface area (Å²) in [7, 11) is 0. The number of likely N-dealkylation sites (tertiary alicyclic amines) is 1. The van der Waals surface area contributed by atoms with Crippen molar-refractivity contribution >= 4 is 11.9 Å². The Hall–Kier alpha value is -2.09. The van der Waals surface area contributed by atoms with E-state index in [2.05, 4.69) is 38.7 Å². The molecule has 1 aromatic rings. The van der Waals surface area contributed by atoms with Gasteiger partial charge in [-0.1, -0.05) is 13.3 Å². The van der Waals surface area contributed by atoms with E-state index in [9.17, 15) is 9.59 Å². The molecule has 0 unspecified atom stereocenters. The van der Waals surface area contributed by atoms with Gasteiger partial charge < -0.3 is 16.4 Å². The molecule has 1 saturated heterocycles. The van der Waals surface area contributed by atoms with Crippen LogP contribution in [0.25, 0.3) is 0 Å². The molecule has 1 saturated carbocycles. The van der Waals surface area contributed by atoms with E-state index >= 15 is 0 Å². The average Bonchev–Trinajstić information content (AvgIpc) is 3.21. The van der Waals surface area contributed by atoms with Crippen molar-refractivity contribution in [2.45, 2.75) is 51.1 Å². The average molecular weight is 348 g/mol. The number of rotatable bonds is 8. The molecule has 1 aromatic heterocycles. The van der Waals surface area contributed by atoms with E-state index in [1.807, 2.05) is 0 Å². The van der Waals surface area contributed by atoms with Crippen molar-refractivity contribution < 1.29 is 9.59 Å². The predicted molar refractivity (Wildman–Crippen MR) is 93.8 cm³/mol. The first-order chi connectivity index (χ1) is 12.0. The smallest absolute Gasteiger partial charge is 0.312 e. The molecule has 2 fully saturated rings. The van der Waals surface area contributed by atoms with Crippen LogP contribution in [0.5, 0.6) is 0 Å². The lowest BCUT2D eigenvalue weighted by atomic mass is 9.98. The zero-order valence-electron chi connectivity index (χ0n) is 14.8. The molecule has 2 atom stereocenters. The minimum Gasteiger partial charge on any atom is -0.352 e. The second kappa shape index (κ2) is 7.86. The number of nitrogens with one attached hydrogen (secondary N) is 3. The van der Waals surface area contributed by atoms with Crippen LogP contribution < -0.4 is 16.4 Å². The first-order valence-electron chi connectivity index (χ1n) is 9.14. The van der Waals surface area contributed by atoms with Crippen LogP contribution in [0.15, 0.2) is 6.07 Å². The largest absolute Gasteiger partial charge is 0.352 e. The summed E-state index contributed by atoms with van der Waals surface area (Å²) in [5.74, 6) is 0.888. The Labute approximate surface area is 147 Å². The Bertz CT molecular complexity index is 612. The molecule has 25 heavy (non-hydrogen) atoms. The number of H-pyrrole nitrogens is 1. The van der Waals surface area contributed by atoms with Gasteiger partial charge in [0.25, 0.3) is 0 Å². The van der Waals surface area contributed by atoms with Crippen LogP contribution >= 0.6 is 0 Å². The number of primary amides is 1. The lowest BCUT2D eigenvalue weighted by Gasteiger charge is -2.19. The second-order valence-corrected chi connectivity index (χ2v) is 7.23. The van der Waals surface area contributed by atoms with Crippen molar-refractivity contribution in [1.82, 2.24) is 25.7 Å². The van der Waals surface area contributed by atoms with Gasteiger partial charge in [-0.15, -0.1) is 0 Å². The van der Waals surface area contributed by atoms with Gasteiger partial charge in [-0.2, -0.15) is 5.10 Å². The Morgan fingerprint density at radius 2 is 2.20 bits per heavy atom. The van der Waals surface area contributed by atoms with Crippen LogP contribution in [0, 0.1) is 5.92 Å². The summed E-state index contributed by atoms with van der Waals surface area (Å²) >= 11 is 0. The van der Waals surface area contributed by atoms with Gasteiger partial charge in [0.2, 0.25) is 5.91 Å². The molecule has 0 spiro atoms. The molecule has 1 aliphatic heterocycles. The highest BCUT2D eigenvalue weighted by Gasteiger charge is 2.33. The summed E-state index contributed by atoms with van der Waals surface area (Å²) in [6, 6.07) is 1.60. The first-order valence-corrected chi connectivity index (χ1v) is 9.14. The maximum Gasteiger partial charge on any atom is 0.312 e. The molecular weight excluding hydrogens is 320 g/mol. The SMILES string of the molecule is CCC[C@H]1CN(Cc2cc(C3CC3)n[nH]2)C[C@@H]1NC(=O)CNC(N)=O. The van der Waals surface area contributed by atoms with Gasteiger partial charge in [-0.05, 0) is 31.2 Å². The molecule has 2 aliphatic rings. The Morgan fingerprint density at radius 1 is 1.40 bits per heavy atom. The van der Waals surface area contributed by atoms with Gasteiger partial charge in [0, 0.05) is 37.3 Å². The third-order valence-electron chi connectivity index (χ3n) is 4.99. The number of carbonyl (C=O) groups excluding carboxylic acids is 2. The van der Waals surface area contributed by atoms with E-state index < -0.39 is 6.03 Å². The summed E-state index contributed by atoms with van der Waals surface area (Å²) < 4.78 is 0. The van der Waals surface area contributed by atoms with Crippen LogP contribution in [0.2, 0.25) is 0 Å². The molecule has 5 N–H and O–H groups in total. The topological polar surface area (TPSA) is 116 Å². The van der Waals surface area contributed by atoms with Crippen molar-refractivity contribution in [2.75, 3.05) is 19.6 Å². The third kappa shape index (κ3) is 4.94. The van der Waals surface area contributed by atoms with Crippen molar-refractivity contribution in [1.29, 1.82) is 0 Å². The van der Waals surface area contributed by atoms with Gasteiger partial charge in [0.05, 0.1) is 12.2 Å². The first kappa shape index (κ1) is 17.7. The van der Waals surface area contributed by atoms with Gasteiger partial charge in [-0.25, -0.2) is 4.79 Å². The fourth-order valence-corrected chi connectivity index (χ4v) is 3.63. The molecule has 2 heterocycles. The fourth-order valence-electron chi connectivity index (χ4n) is 3.63. The van der Waals surface area contributed by atoms with Crippen molar-refractivity contribution in [2.24, 2.45) is 11.7 Å². The molecule has 0 bridgehead atoms. The van der Waals surface area contributed by atoms with Gasteiger partial charge in [-0.3, -0.25) is 14.8 Å². The van der Waals surface area contributed by atoms with Gasteiger partial charge >= 0.3 is 6.03 Å². The van der Waals surface area contributed by atoms with E-state index in [0.717, 1.165) is 38.2 Å². The van der Waals surface area contributed by atoms with Crippen LogP contribution in [0.3, 0.4) is 0 Å². The summed E-state index contributed by atoms with van der Waals surface area (Å²) in [5, 5.41) is 12.9. The van der Waals surface area contributed by atoms with Crippen molar-refractivity contribution in [3.8, 4) is 0 Å². The zero-order valence-corrected chi connectivity index (χ0v) is 14.8. The number of carbonyl (C=O) groups is 2. The second-order valence-electron chi connectivity index (χ2n) is 7.23. The summed E-state index contributed by atoms with van der Waals surface area (Å²) in [6.45, 7) is 4.68. The van der Waals surface area contributed by atoms with E-state index in [-0.39, 0.29) is 18.5 Å². The number of aromatic nitrogens is 2. The van der Waals surface area contributed by atoms with E-state index in [0.29, 0.717) is 11.8 Å². The predicted octanol–water partition coefficient (Wildman–Crippen LogP) is 0.672. The molecular formula is C17H28N6O2. The Balaban J connectivity index is 1.53.